The third kappa shape index (κ3) is 4.09. The largest absolute Gasteiger partial charge is 0.507 e. The zero-order valence-corrected chi connectivity index (χ0v) is 23.5. The molecule has 2 fully saturated rings. The van der Waals surface area contributed by atoms with Gasteiger partial charge in [-0.05, 0) is 57.5 Å². The van der Waals surface area contributed by atoms with Crippen molar-refractivity contribution >= 4 is 39.8 Å². The molecule has 0 heterocycles. The molecule has 0 aromatic heterocycles. The highest BCUT2D eigenvalue weighted by molar-refractivity contribution is 6.32. The van der Waals surface area contributed by atoms with Crippen LogP contribution in [0.1, 0.15) is 41.3 Å². The Morgan fingerprint density at radius 1 is 1.17 bits per heavy atom. The number of methoxy groups -OCH3 is 1. The first-order chi connectivity index (χ1) is 19.4. The van der Waals surface area contributed by atoms with Gasteiger partial charge in [0.1, 0.15) is 11.5 Å². The molecular formula is C30H35N3O8. The van der Waals surface area contributed by atoms with Crippen molar-refractivity contribution < 1.29 is 38.9 Å². The van der Waals surface area contributed by atoms with Gasteiger partial charge in [-0.25, -0.2) is 0 Å². The molecule has 3 aliphatic carbocycles. The lowest BCUT2D eigenvalue weighted by Crippen LogP contribution is -2.74. The zero-order chi connectivity index (χ0) is 30.0. The predicted molar refractivity (Wildman–Crippen MR) is 147 cm³/mol. The summed E-state index contributed by atoms with van der Waals surface area (Å²) in [5, 5.41) is 27.4. The van der Waals surface area contributed by atoms with Crippen LogP contribution < -0.4 is 15.8 Å². The number of nitrogens with two attached hydrogens (primary N) is 1. The van der Waals surface area contributed by atoms with Crippen molar-refractivity contribution in [2.24, 2.45) is 29.4 Å². The van der Waals surface area contributed by atoms with Gasteiger partial charge in [-0.2, -0.15) is 0 Å². The fourth-order valence-electron chi connectivity index (χ4n) is 7.23. The number of hydrogen-bond acceptors (Lipinski definition) is 10. The van der Waals surface area contributed by atoms with Gasteiger partial charge in [-0.3, -0.25) is 28.9 Å². The highest BCUT2D eigenvalue weighted by Crippen LogP contribution is 2.53. The quantitative estimate of drug-likeness (QED) is 0.274. The van der Waals surface area contributed by atoms with Crippen LogP contribution in [0.2, 0.25) is 0 Å². The highest BCUT2D eigenvalue weighted by Gasteiger charge is 2.69. The number of ether oxygens (including phenoxy) is 1. The molecule has 3 aliphatic rings. The fraction of sp³-hybridized carbons (Fsp3) is 0.500. The molecule has 0 spiro atoms. The summed E-state index contributed by atoms with van der Waals surface area (Å²) in [5.74, 6) is -10.4. The van der Waals surface area contributed by atoms with Gasteiger partial charge in [0.2, 0.25) is 5.91 Å². The minimum absolute atomic E-state index is 0.0200. The topological polar surface area (TPSA) is 176 Å². The van der Waals surface area contributed by atoms with E-state index in [1.165, 1.54) is 12.0 Å². The molecule has 2 saturated carbocycles. The molecule has 11 nitrogen and oxygen atoms in total. The molecule has 6 unspecified atom stereocenters. The van der Waals surface area contributed by atoms with E-state index in [0.717, 1.165) is 18.5 Å². The molecule has 0 aliphatic heterocycles. The molecular weight excluding hydrogens is 530 g/mol. The number of amides is 1. The Balaban J connectivity index is 1.65. The van der Waals surface area contributed by atoms with Crippen LogP contribution in [0.3, 0.4) is 0 Å². The maximum absolute atomic E-state index is 14.1. The first kappa shape index (κ1) is 28.8. The van der Waals surface area contributed by atoms with Crippen molar-refractivity contribution in [3.05, 3.63) is 34.9 Å². The summed E-state index contributed by atoms with van der Waals surface area (Å²) in [7, 11) is 4.57. The Hall–Kier alpha value is -3.67. The number of phenolic OH excluding ortho intramolecular Hbond substituents is 1. The van der Waals surface area contributed by atoms with Crippen molar-refractivity contribution in [2.45, 2.75) is 44.4 Å². The lowest BCUT2D eigenvalue weighted by molar-refractivity contribution is -0.181. The average Bonchev–Trinajstić information content (AvgIpc) is 2.91. The van der Waals surface area contributed by atoms with Crippen LogP contribution in [0, 0.1) is 23.7 Å². The van der Waals surface area contributed by atoms with Gasteiger partial charge in [-0.1, -0.05) is 19.1 Å². The third-order valence-corrected chi connectivity index (χ3v) is 9.01. The van der Waals surface area contributed by atoms with E-state index in [0.29, 0.717) is 28.6 Å². The lowest BCUT2D eigenvalue weighted by Gasteiger charge is -2.52. The van der Waals surface area contributed by atoms with Crippen LogP contribution in [0.15, 0.2) is 18.2 Å². The summed E-state index contributed by atoms with van der Waals surface area (Å²) in [6.07, 6.45) is 1.07. The van der Waals surface area contributed by atoms with Gasteiger partial charge in [0.25, 0.3) is 0 Å². The van der Waals surface area contributed by atoms with Crippen LogP contribution in [0.25, 0.3) is 10.8 Å². The number of aromatic hydroxyl groups is 1. The smallest absolute Gasteiger partial charge is 0.235 e. The van der Waals surface area contributed by atoms with Crippen molar-refractivity contribution in [1.82, 2.24) is 10.2 Å². The molecule has 5 N–H and O–H groups in total. The number of ketones is 4. The van der Waals surface area contributed by atoms with E-state index >= 15 is 0 Å². The number of benzene rings is 2. The second-order valence-electron chi connectivity index (χ2n) is 11.6. The number of primary amides is 1. The number of fused-ring (bicyclic) bond motifs is 4. The summed E-state index contributed by atoms with van der Waals surface area (Å²) in [4.78, 5) is 68.4. The van der Waals surface area contributed by atoms with Crippen LogP contribution in [-0.4, -0.2) is 83.5 Å². The maximum Gasteiger partial charge on any atom is 0.235 e. The molecule has 6 atom stereocenters. The first-order valence-electron chi connectivity index (χ1n) is 13.8. The molecule has 5 rings (SSSR count). The maximum atomic E-state index is 14.1. The van der Waals surface area contributed by atoms with Gasteiger partial charge < -0.3 is 26.0 Å². The summed E-state index contributed by atoms with van der Waals surface area (Å²) < 4.78 is 5.75. The molecule has 218 valence electrons. The zero-order valence-electron chi connectivity index (χ0n) is 23.5. The number of aliphatic hydroxyl groups is 1. The number of nitrogens with one attached hydrogen (secondary N) is 1. The van der Waals surface area contributed by atoms with E-state index in [9.17, 15) is 34.2 Å². The van der Waals surface area contributed by atoms with E-state index in [4.69, 9.17) is 10.5 Å². The molecule has 1 amide bonds. The van der Waals surface area contributed by atoms with Crippen molar-refractivity contribution in [3.63, 3.8) is 0 Å². The second kappa shape index (κ2) is 10.3. The number of Topliss-reactive ketones (excluding diaryl/α,β-unsaturated/α-hetero) is 4. The van der Waals surface area contributed by atoms with Crippen molar-refractivity contribution in [3.8, 4) is 11.5 Å². The van der Waals surface area contributed by atoms with E-state index in [1.807, 2.05) is 19.1 Å². The van der Waals surface area contributed by atoms with Gasteiger partial charge in [-0.15, -0.1) is 0 Å². The van der Waals surface area contributed by atoms with E-state index in [-0.39, 0.29) is 24.2 Å². The Morgan fingerprint density at radius 2 is 1.88 bits per heavy atom. The van der Waals surface area contributed by atoms with Crippen LogP contribution in [0.4, 0.5) is 0 Å². The Kier molecular flexibility index (Phi) is 7.25. The van der Waals surface area contributed by atoms with Crippen molar-refractivity contribution in [1.29, 1.82) is 0 Å². The van der Waals surface area contributed by atoms with E-state index in [1.54, 1.807) is 20.2 Å². The molecule has 2 aromatic carbocycles. The Labute approximate surface area is 237 Å². The van der Waals surface area contributed by atoms with Gasteiger partial charge >= 0.3 is 0 Å². The molecule has 41 heavy (non-hydrogen) atoms. The number of rotatable bonds is 7. The molecule has 0 radical (unpaired) electrons. The summed E-state index contributed by atoms with van der Waals surface area (Å²) in [6.45, 7) is 3.40. The third-order valence-electron chi connectivity index (χ3n) is 9.01. The lowest BCUT2D eigenvalue weighted by atomic mass is 9.52. The normalized spacial score (nSPS) is 29.4. The predicted octanol–water partition coefficient (Wildman–Crippen LogP) is 0.528. The number of carbonyl (C=O) groups excluding carboxylic acids is 5. The number of likely N-dealkylation sites (N-methyl/N-ethyl adjacent to an activating group) is 1. The van der Waals surface area contributed by atoms with Crippen LogP contribution in [0.5, 0.6) is 11.5 Å². The molecule has 2 aromatic rings. The number of carbonyl (C=O) groups is 5. The minimum Gasteiger partial charge on any atom is -0.507 e. The standard InChI is InChI=1S/C30H35N3O8/c1-5-8-32-12-13-6-7-15-16(9-13)23(34)20-17(26(15)41-4)10-14-11-18-22(33(2)3)25(36)21(29(31)39)28(38)30(18,40)27(37)19(14)24(20)35/h6-7,9,14,18-19,21-22,32,34,40H,5,8,10-12H2,1-4H3,(H2,31,39). The van der Waals surface area contributed by atoms with E-state index < -0.39 is 64.4 Å². The van der Waals surface area contributed by atoms with Gasteiger partial charge in [0.15, 0.2) is 34.7 Å². The summed E-state index contributed by atoms with van der Waals surface area (Å²) in [6, 6.07) is 4.34. The highest BCUT2D eigenvalue weighted by atomic mass is 16.5. The first-order valence-corrected chi connectivity index (χ1v) is 13.8. The second-order valence-corrected chi connectivity index (χ2v) is 11.6. The minimum atomic E-state index is -2.76. The molecule has 0 bridgehead atoms. The number of nitrogens with zero attached hydrogens (tertiary/aromatic N) is 1. The fourth-order valence-corrected chi connectivity index (χ4v) is 7.23. The molecule has 0 saturated heterocycles. The van der Waals surface area contributed by atoms with Gasteiger partial charge in [0, 0.05) is 28.8 Å². The Morgan fingerprint density at radius 3 is 2.49 bits per heavy atom. The number of phenols is 1. The Bertz CT molecular complexity index is 1500. The monoisotopic (exact) mass is 565 g/mol. The molecule has 11 heteroatoms. The summed E-state index contributed by atoms with van der Waals surface area (Å²) in [5.41, 5.74) is 3.84. The van der Waals surface area contributed by atoms with E-state index in [2.05, 4.69) is 5.32 Å². The van der Waals surface area contributed by atoms with Crippen molar-refractivity contribution in [2.75, 3.05) is 27.7 Å². The van der Waals surface area contributed by atoms with Crippen LogP contribution in [-0.2, 0) is 32.1 Å². The average molecular weight is 566 g/mol. The number of hydrogen-bond donors (Lipinski definition) is 4. The SMILES string of the molecule is CCCNCc1ccc2c(OC)c3c(c(O)c2c1)C(=O)C1C(=O)C2(O)C(=O)C(C(N)=O)C(=O)C(N(C)C)C2CC1C3. The van der Waals surface area contributed by atoms with Crippen LogP contribution >= 0.6 is 0 Å². The summed E-state index contributed by atoms with van der Waals surface area (Å²) >= 11 is 0. The van der Waals surface area contributed by atoms with Gasteiger partial charge in [0.05, 0.1) is 24.6 Å².